The fourth-order valence-electron chi connectivity index (χ4n) is 2.06. The molecule has 3 rings (SSSR count). The number of aromatic nitrogens is 3. The van der Waals surface area contributed by atoms with Crippen molar-refractivity contribution >= 4 is 0 Å². The van der Waals surface area contributed by atoms with Gasteiger partial charge in [0, 0.05) is 12.5 Å². The summed E-state index contributed by atoms with van der Waals surface area (Å²) < 4.78 is 2.01. The summed E-state index contributed by atoms with van der Waals surface area (Å²) in [6.07, 6.45) is 3.64. The molecule has 1 aromatic heterocycles. The van der Waals surface area contributed by atoms with E-state index in [0.29, 0.717) is 11.8 Å². The van der Waals surface area contributed by atoms with E-state index >= 15 is 0 Å². The summed E-state index contributed by atoms with van der Waals surface area (Å²) in [5.41, 5.74) is 6.10. The minimum Gasteiger partial charge on any atom is -0.321 e. The lowest BCUT2D eigenvalue weighted by Gasteiger charge is -2.24. The number of nitrogens with two attached hydrogens (primary N) is 1. The quantitative estimate of drug-likeness (QED) is 0.727. The van der Waals surface area contributed by atoms with Crippen LogP contribution in [0.4, 0.5) is 0 Å². The van der Waals surface area contributed by atoms with Crippen molar-refractivity contribution in [3.8, 4) is 0 Å². The van der Waals surface area contributed by atoms with Gasteiger partial charge in [0.1, 0.15) is 5.82 Å². The van der Waals surface area contributed by atoms with Gasteiger partial charge in [-0.25, -0.2) is 9.67 Å². The predicted octanol–water partition coefficient (Wildman–Crippen LogP) is 1.20. The molecule has 76 valence electrons. The summed E-state index contributed by atoms with van der Waals surface area (Å²) >= 11 is 0. The molecule has 14 heavy (non-hydrogen) atoms. The zero-order valence-corrected chi connectivity index (χ0v) is 8.48. The summed E-state index contributed by atoms with van der Waals surface area (Å²) in [6.45, 7) is 3.18. The molecule has 0 bridgehead atoms. The number of fused-ring (bicyclic) bond motifs is 1. The van der Waals surface area contributed by atoms with Crippen molar-refractivity contribution in [1.82, 2.24) is 14.8 Å². The molecule has 0 saturated heterocycles. The van der Waals surface area contributed by atoms with Gasteiger partial charge in [0.05, 0.1) is 6.04 Å². The first-order chi connectivity index (χ1) is 6.75. The van der Waals surface area contributed by atoms with Crippen LogP contribution in [0.15, 0.2) is 0 Å². The zero-order valence-electron chi connectivity index (χ0n) is 8.48. The van der Waals surface area contributed by atoms with E-state index in [2.05, 4.69) is 17.0 Å². The third-order valence-electron chi connectivity index (χ3n) is 3.37. The van der Waals surface area contributed by atoms with Crippen LogP contribution >= 0.6 is 0 Å². The van der Waals surface area contributed by atoms with Crippen molar-refractivity contribution in [3.63, 3.8) is 0 Å². The second-order valence-corrected chi connectivity index (χ2v) is 4.62. The van der Waals surface area contributed by atoms with Gasteiger partial charge in [-0.15, -0.1) is 0 Å². The third kappa shape index (κ3) is 1.17. The van der Waals surface area contributed by atoms with E-state index in [1.165, 1.54) is 12.8 Å². The number of nitrogens with zero attached hydrogens (tertiary/aromatic N) is 3. The van der Waals surface area contributed by atoms with Gasteiger partial charge in [-0.1, -0.05) is 6.92 Å². The van der Waals surface area contributed by atoms with Crippen LogP contribution in [-0.2, 0) is 6.54 Å². The summed E-state index contributed by atoms with van der Waals surface area (Å²) in [6, 6.07) is 0.0868. The smallest absolute Gasteiger partial charge is 0.154 e. The highest BCUT2D eigenvalue weighted by Gasteiger charge is 2.32. The average molecular weight is 192 g/mol. The molecule has 2 aliphatic rings. The van der Waals surface area contributed by atoms with Crippen molar-refractivity contribution in [2.75, 3.05) is 0 Å². The lowest BCUT2D eigenvalue weighted by Crippen LogP contribution is -2.29. The highest BCUT2D eigenvalue weighted by Crippen LogP contribution is 2.39. The minimum atomic E-state index is 0.0868. The SMILES string of the molecule is CC1CCn2nc(C3CC3)nc2C1N. The standard InChI is InChI=1S/C10H16N4/c1-6-4-5-14-10(8(6)11)12-9(13-14)7-2-3-7/h6-8H,2-5,11H2,1H3. The molecule has 2 N–H and O–H groups in total. The van der Waals surface area contributed by atoms with Gasteiger partial charge < -0.3 is 5.73 Å². The van der Waals surface area contributed by atoms with E-state index in [0.717, 1.165) is 24.6 Å². The summed E-state index contributed by atoms with van der Waals surface area (Å²) in [4.78, 5) is 4.57. The van der Waals surface area contributed by atoms with Gasteiger partial charge in [0.25, 0.3) is 0 Å². The van der Waals surface area contributed by atoms with Gasteiger partial charge in [-0.3, -0.25) is 0 Å². The Labute approximate surface area is 83.5 Å². The maximum absolute atomic E-state index is 6.10. The van der Waals surface area contributed by atoms with Crippen LogP contribution in [0.5, 0.6) is 0 Å². The van der Waals surface area contributed by atoms with E-state index < -0.39 is 0 Å². The molecule has 1 aromatic rings. The second-order valence-electron chi connectivity index (χ2n) is 4.62. The summed E-state index contributed by atoms with van der Waals surface area (Å²) in [5, 5.41) is 4.52. The van der Waals surface area contributed by atoms with Crippen molar-refractivity contribution in [1.29, 1.82) is 0 Å². The van der Waals surface area contributed by atoms with Crippen LogP contribution in [0.1, 0.15) is 49.8 Å². The fraction of sp³-hybridized carbons (Fsp3) is 0.800. The molecule has 1 aliphatic carbocycles. The highest BCUT2D eigenvalue weighted by atomic mass is 15.4. The number of aryl methyl sites for hydroxylation is 1. The van der Waals surface area contributed by atoms with Crippen molar-refractivity contribution < 1.29 is 0 Å². The molecular weight excluding hydrogens is 176 g/mol. The molecule has 2 heterocycles. The van der Waals surface area contributed by atoms with E-state index in [4.69, 9.17) is 5.73 Å². The lowest BCUT2D eigenvalue weighted by atomic mass is 9.96. The van der Waals surface area contributed by atoms with Crippen LogP contribution in [0.2, 0.25) is 0 Å². The van der Waals surface area contributed by atoms with Gasteiger partial charge in [0.15, 0.2) is 5.82 Å². The Morgan fingerprint density at radius 1 is 1.36 bits per heavy atom. The molecule has 4 nitrogen and oxygen atoms in total. The number of hydrogen-bond acceptors (Lipinski definition) is 3. The van der Waals surface area contributed by atoms with Crippen molar-refractivity contribution in [3.05, 3.63) is 11.6 Å². The molecule has 0 spiro atoms. The first kappa shape index (κ1) is 8.41. The van der Waals surface area contributed by atoms with Crippen LogP contribution in [0, 0.1) is 5.92 Å². The first-order valence-electron chi connectivity index (χ1n) is 5.46. The molecule has 0 aromatic carbocycles. The Balaban J connectivity index is 1.97. The van der Waals surface area contributed by atoms with Crippen LogP contribution < -0.4 is 5.73 Å². The Bertz CT molecular complexity index is 353. The monoisotopic (exact) mass is 192 g/mol. The second kappa shape index (κ2) is 2.79. The highest BCUT2D eigenvalue weighted by molar-refractivity contribution is 5.09. The molecule has 1 fully saturated rings. The van der Waals surface area contributed by atoms with Gasteiger partial charge in [-0.05, 0) is 25.2 Å². The fourth-order valence-corrected chi connectivity index (χ4v) is 2.06. The average Bonchev–Trinajstić information content (AvgIpc) is 2.93. The molecule has 1 saturated carbocycles. The third-order valence-corrected chi connectivity index (χ3v) is 3.37. The molecule has 4 heteroatoms. The van der Waals surface area contributed by atoms with Crippen molar-refractivity contribution in [2.24, 2.45) is 11.7 Å². The maximum atomic E-state index is 6.10. The Morgan fingerprint density at radius 3 is 2.86 bits per heavy atom. The first-order valence-corrected chi connectivity index (χ1v) is 5.46. The maximum Gasteiger partial charge on any atom is 0.154 e. The zero-order chi connectivity index (χ0) is 9.71. The molecule has 0 radical (unpaired) electrons. The minimum absolute atomic E-state index is 0.0868. The summed E-state index contributed by atoms with van der Waals surface area (Å²) in [7, 11) is 0. The molecule has 2 atom stereocenters. The normalized spacial score (nSPS) is 31.6. The van der Waals surface area contributed by atoms with Gasteiger partial charge >= 0.3 is 0 Å². The van der Waals surface area contributed by atoms with E-state index in [-0.39, 0.29) is 6.04 Å². The lowest BCUT2D eigenvalue weighted by molar-refractivity contribution is 0.323. The molecule has 0 amide bonds. The van der Waals surface area contributed by atoms with E-state index in [9.17, 15) is 0 Å². The molecular formula is C10H16N4. The van der Waals surface area contributed by atoms with Crippen molar-refractivity contribution in [2.45, 2.75) is 44.7 Å². The van der Waals surface area contributed by atoms with E-state index in [1.54, 1.807) is 0 Å². The Kier molecular flexibility index (Phi) is 1.68. The summed E-state index contributed by atoms with van der Waals surface area (Å²) in [5.74, 6) is 3.21. The number of hydrogen-bond donors (Lipinski definition) is 1. The van der Waals surface area contributed by atoms with Crippen LogP contribution in [0.3, 0.4) is 0 Å². The largest absolute Gasteiger partial charge is 0.321 e. The van der Waals surface area contributed by atoms with Crippen LogP contribution in [0.25, 0.3) is 0 Å². The molecule has 1 aliphatic heterocycles. The van der Waals surface area contributed by atoms with Crippen LogP contribution in [-0.4, -0.2) is 14.8 Å². The Hall–Kier alpha value is -0.900. The number of rotatable bonds is 1. The topological polar surface area (TPSA) is 56.7 Å². The molecule has 2 unspecified atom stereocenters. The van der Waals surface area contributed by atoms with Gasteiger partial charge in [0.2, 0.25) is 0 Å². The van der Waals surface area contributed by atoms with Gasteiger partial charge in [-0.2, -0.15) is 5.10 Å². The predicted molar refractivity (Wildman–Crippen MR) is 52.7 cm³/mol. The Morgan fingerprint density at radius 2 is 2.14 bits per heavy atom. The van der Waals surface area contributed by atoms with E-state index in [1.807, 2.05) is 4.68 Å².